The Morgan fingerprint density at radius 3 is 2.58 bits per heavy atom. The second-order valence-electron chi connectivity index (χ2n) is 6.85. The van der Waals surface area contributed by atoms with Gasteiger partial charge in [-0.2, -0.15) is 15.8 Å². The van der Waals surface area contributed by atoms with Crippen LogP contribution in [0.2, 0.25) is 0 Å². The van der Waals surface area contributed by atoms with E-state index in [0.29, 0.717) is 12.8 Å². The van der Waals surface area contributed by atoms with Crippen molar-refractivity contribution in [3.8, 4) is 18.2 Å². The zero-order chi connectivity index (χ0) is 17.6. The minimum absolute atomic E-state index is 0.300. The fourth-order valence-corrected chi connectivity index (χ4v) is 4.69. The van der Waals surface area contributed by atoms with Crippen LogP contribution in [0, 0.1) is 56.2 Å². The predicted molar refractivity (Wildman–Crippen MR) is 84.1 cm³/mol. The van der Waals surface area contributed by atoms with Gasteiger partial charge in [-0.05, 0) is 31.8 Å². The second kappa shape index (κ2) is 5.33. The first kappa shape index (κ1) is 16.5. The summed E-state index contributed by atoms with van der Waals surface area (Å²) in [6, 6.07) is 6.37. The highest BCUT2D eigenvalue weighted by molar-refractivity contribution is 5.89. The summed E-state index contributed by atoms with van der Waals surface area (Å²) in [4.78, 5) is 0. The second-order valence-corrected chi connectivity index (χ2v) is 6.85. The summed E-state index contributed by atoms with van der Waals surface area (Å²) in [6.45, 7) is 3.80. The highest BCUT2D eigenvalue weighted by Crippen LogP contribution is 2.66. The lowest BCUT2D eigenvalue weighted by molar-refractivity contribution is -0.350. The summed E-state index contributed by atoms with van der Waals surface area (Å²) in [7, 11) is 0. The number of hydrogen-bond donors (Lipinski definition) is 1. The van der Waals surface area contributed by atoms with Crippen molar-refractivity contribution >= 4 is 5.90 Å². The molecular formula is C18H20N4O2. The van der Waals surface area contributed by atoms with Crippen molar-refractivity contribution in [1.82, 2.24) is 0 Å². The summed E-state index contributed by atoms with van der Waals surface area (Å²) in [5.41, 5.74) is -2.59. The number of allylic oxidation sites excluding steroid dienone is 1. The third kappa shape index (κ3) is 1.63. The van der Waals surface area contributed by atoms with Crippen LogP contribution >= 0.6 is 0 Å². The first-order valence-electron chi connectivity index (χ1n) is 8.34. The van der Waals surface area contributed by atoms with Crippen molar-refractivity contribution in [3.63, 3.8) is 0 Å². The fraction of sp³-hybridized carbons (Fsp3) is 0.667. The van der Waals surface area contributed by atoms with Crippen LogP contribution in [0.5, 0.6) is 0 Å². The van der Waals surface area contributed by atoms with Crippen LogP contribution in [-0.4, -0.2) is 17.8 Å². The van der Waals surface area contributed by atoms with Crippen LogP contribution in [0.4, 0.5) is 0 Å². The van der Waals surface area contributed by atoms with Gasteiger partial charge in [-0.1, -0.05) is 19.4 Å². The molecule has 1 N–H and O–H groups in total. The Morgan fingerprint density at radius 1 is 1.29 bits per heavy atom. The van der Waals surface area contributed by atoms with Gasteiger partial charge in [0.15, 0.2) is 10.8 Å². The van der Waals surface area contributed by atoms with E-state index in [4.69, 9.17) is 14.9 Å². The van der Waals surface area contributed by atoms with Crippen LogP contribution in [0.25, 0.3) is 0 Å². The Kier molecular flexibility index (Phi) is 3.67. The van der Waals surface area contributed by atoms with Gasteiger partial charge in [0.05, 0.1) is 24.1 Å². The largest absolute Gasteiger partial charge is 0.447 e. The lowest BCUT2D eigenvalue weighted by Crippen LogP contribution is -2.76. The van der Waals surface area contributed by atoms with Gasteiger partial charge in [0.1, 0.15) is 6.10 Å². The van der Waals surface area contributed by atoms with Gasteiger partial charge in [-0.15, -0.1) is 0 Å². The maximum Gasteiger partial charge on any atom is 0.218 e. The van der Waals surface area contributed by atoms with Crippen molar-refractivity contribution in [1.29, 1.82) is 21.2 Å². The molecule has 124 valence electrons. The van der Waals surface area contributed by atoms with E-state index >= 15 is 0 Å². The van der Waals surface area contributed by atoms with E-state index < -0.39 is 28.6 Å². The fourth-order valence-electron chi connectivity index (χ4n) is 4.69. The molecule has 0 aromatic heterocycles. The van der Waals surface area contributed by atoms with Crippen LogP contribution in [0.15, 0.2) is 11.6 Å². The van der Waals surface area contributed by atoms with E-state index in [9.17, 15) is 15.8 Å². The van der Waals surface area contributed by atoms with Gasteiger partial charge in [-0.25, -0.2) is 0 Å². The molecular weight excluding hydrogens is 304 g/mol. The molecule has 3 saturated heterocycles. The average Bonchev–Trinajstić information content (AvgIpc) is 2.59. The smallest absolute Gasteiger partial charge is 0.218 e. The van der Waals surface area contributed by atoms with E-state index in [1.54, 1.807) is 0 Å². The van der Waals surface area contributed by atoms with E-state index in [1.807, 2.05) is 19.9 Å². The maximum atomic E-state index is 10.0. The number of hydrogen-bond acceptors (Lipinski definition) is 6. The van der Waals surface area contributed by atoms with Gasteiger partial charge in [0, 0.05) is 6.42 Å². The van der Waals surface area contributed by atoms with E-state index in [-0.39, 0.29) is 5.90 Å². The maximum absolute atomic E-state index is 10.0. The van der Waals surface area contributed by atoms with Crippen LogP contribution in [0.1, 0.15) is 46.0 Å². The van der Waals surface area contributed by atoms with E-state index in [2.05, 4.69) is 18.2 Å². The zero-order valence-electron chi connectivity index (χ0n) is 13.9. The molecule has 3 aliphatic heterocycles. The van der Waals surface area contributed by atoms with Gasteiger partial charge < -0.3 is 9.47 Å². The number of nitrogens with one attached hydrogen (secondary N) is 1. The molecule has 3 heterocycles. The number of ether oxygens (including phenoxy) is 2. The summed E-state index contributed by atoms with van der Waals surface area (Å²) >= 11 is 0. The standard InChI is InChI=1S/C18H20N4O2/c1-3-6-12(2)14-17(11-21)15(22)24-18(23-14)8-5-4-7-13(18)16(17,9-19)10-20/h6,13-14,22H,3-5,7-8H2,1-2H3/b12-6+,22-15?/t13-,14-,17-,18+/m1/s1. The van der Waals surface area contributed by atoms with Gasteiger partial charge >= 0.3 is 0 Å². The Balaban J connectivity index is 2.31. The normalized spacial score (nSPS) is 39.8. The summed E-state index contributed by atoms with van der Waals surface area (Å²) in [5, 5.41) is 38.4. The molecule has 24 heavy (non-hydrogen) atoms. The monoisotopic (exact) mass is 324 g/mol. The Bertz CT molecular complexity index is 724. The number of nitriles is 3. The minimum Gasteiger partial charge on any atom is -0.447 e. The molecule has 6 heteroatoms. The van der Waals surface area contributed by atoms with Gasteiger partial charge in [0.25, 0.3) is 0 Å². The third-order valence-electron chi connectivity index (χ3n) is 5.76. The van der Waals surface area contributed by atoms with Crippen molar-refractivity contribution in [2.24, 2.45) is 16.7 Å². The van der Waals surface area contributed by atoms with Crippen LogP contribution < -0.4 is 0 Å². The third-order valence-corrected chi connectivity index (χ3v) is 5.76. The topological polar surface area (TPSA) is 114 Å². The van der Waals surface area contributed by atoms with E-state index in [0.717, 1.165) is 24.8 Å². The SMILES string of the molecule is CC/C=C(\C)[C@H]1O[C@]23CCCC[C@@H]2C(C#N)(C#N)[C@@]1(C#N)C(=N)O3. The lowest BCUT2D eigenvalue weighted by atomic mass is 9.48. The molecule has 6 nitrogen and oxygen atoms in total. The molecule has 0 aromatic carbocycles. The quantitative estimate of drug-likeness (QED) is 0.783. The molecule has 4 rings (SSSR count). The van der Waals surface area contributed by atoms with E-state index in [1.165, 1.54) is 0 Å². The summed E-state index contributed by atoms with van der Waals surface area (Å²) in [6.07, 6.45) is 4.67. The molecule has 0 radical (unpaired) electrons. The molecule has 1 aliphatic carbocycles. The van der Waals surface area contributed by atoms with Gasteiger partial charge in [0.2, 0.25) is 11.7 Å². The molecule has 4 fully saturated rings. The Hall–Kier alpha value is -2.36. The molecule has 2 bridgehead atoms. The van der Waals surface area contributed by atoms with Crippen molar-refractivity contribution in [2.45, 2.75) is 57.8 Å². The van der Waals surface area contributed by atoms with Crippen molar-refractivity contribution in [2.75, 3.05) is 0 Å². The number of nitrogens with zero attached hydrogens (tertiary/aromatic N) is 3. The van der Waals surface area contributed by atoms with Crippen LogP contribution in [0.3, 0.4) is 0 Å². The predicted octanol–water partition coefficient (Wildman–Crippen LogP) is 3.18. The molecule has 0 unspecified atom stereocenters. The highest BCUT2D eigenvalue weighted by atomic mass is 16.7. The van der Waals surface area contributed by atoms with Crippen molar-refractivity contribution < 1.29 is 9.47 Å². The summed E-state index contributed by atoms with van der Waals surface area (Å²) < 4.78 is 12.1. The average molecular weight is 324 g/mol. The zero-order valence-corrected chi connectivity index (χ0v) is 13.9. The first-order valence-corrected chi connectivity index (χ1v) is 8.34. The lowest BCUT2D eigenvalue weighted by Gasteiger charge is -2.63. The molecule has 1 saturated carbocycles. The highest BCUT2D eigenvalue weighted by Gasteiger charge is 2.80. The van der Waals surface area contributed by atoms with Gasteiger partial charge in [-0.3, -0.25) is 5.41 Å². The first-order chi connectivity index (χ1) is 11.5. The number of fused-ring (bicyclic) bond motifs is 2. The summed E-state index contributed by atoms with van der Waals surface area (Å²) in [5.74, 6) is -1.97. The van der Waals surface area contributed by atoms with Crippen molar-refractivity contribution in [3.05, 3.63) is 11.6 Å². The minimum atomic E-state index is -1.73. The number of rotatable bonds is 2. The van der Waals surface area contributed by atoms with Crippen LogP contribution in [-0.2, 0) is 9.47 Å². The molecule has 1 spiro atoms. The molecule has 4 aliphatic rings. The Labute approximate surface area is 141 Å². The molecule has 4 atom stereocenters. The molecule has 0 amide bonds. The molecule has 0 aromatic rings. The Morgan fingerprint density at radius 2 is 2.00 bits per heavy atom.